The van der Waals surface area contributed by atoms with E-state index in [1.165, 1.54) is 29.2 Å². The van der Waals surface area contributed by atoms with Gasteiger partial charge < -0.3 is 16.2 Å². The van der Waals surface area contributed by atoms with E-state index in [2.05, 4.69) is 47.4 Å². The summed E-state index contributed by atoms with van der Waals surface area (Å²) in [4.78, 5) is 2.26. The van der Waals surface area contributed by atoms with Gasteiger partial charge >= 0.3 is 0 Å². The van der Waals surface area contributed by atoms with E-state index < -0.39 is 0 Å². The first-order valence-electron chi connectivity index (χ1n) is 9.44. The van der Waals surface area contributed by atoms with Gasteiger partial charge in [0.1, 0.15) is 0 Å². The van der Waals surface area contributed by atoms with Gasteiger partial charge in [0.05, 0.1) is 6.61 Å². The fourth-order valence-electron chi connectivity index (χ4n) is 3.24. The molecule has 3 rings (SSSR count). The summed E-state index contributed by atoms with van der Waals surface area (Å²) in [5, 5.41) is 2.61. The van der Waals surface area contributed by atoms with Crippen LogP contribution in [-0.2, 0) is 11.2 Å². The van der Waals surface area contributed by atoms with E-state index in [-0.39, 0.29) is 0 Å². The average molecular weight is 344 g/mol. The maximum atomic E-state index is 5.55. The predicted molar refractivity (Wildman–Crippen MR) is 107 cm³/mol. The minimum absolute atomic E-state index is 0.691. The second-order valence-electron chi connectivity index (χ2n) is 6.63. The van der Waals surface area contributed by atoms with E-state index in [1.807, 2.05) is 6.92 Å². The van der Waals surface area contributed by atoms with Crippen LogP contribution in [-0.4, -0.2) is 44.4 Å². The number of benzene rings is 2. The molecule has 1 unspecified atom stereocenters. The molecular weight excluding hydrogens is 310 g/mol. The van der Waals surface area contributed by atoms with Gasteiger partial charge in [0.25, 0.3) is 0 Å². The van der Waals surface area contributed by atoms with Crippen LogP contribution in [0.4, 0.5) is 0 Å². The number of ether oxygens (including phenoxy) is 1. The Kier molecular flexibility index (Phi) is 8.91. The third kappa shape index (κ3) is 6.75. The van der Waals surface area contributed by atoms with E-state index >= 15 is 0 Å². The number of fused-ring (bicyclic) bond motifs is 1. The van der Waals surface area contributed by atoms with E-state index in [4.69, 9.17) is 16.2 Å². The number of likely N-dealkylation sites (tertiary alicyclic amines) is 1. The summed E-state index contributed by atoms with van der Waals surface area (Å²) in [5.74, 6) is 0.692. The highest BCUT2D eigenvalue weighted by Crippen LogP contribution is 2.16. The molecule has 0 amide bonds. The second kappa shape index (κ2) is 11.2. The molecule has 0 spiro atoms. The van der Waals surface area contributed by atoms with Crippen LogP contribution < -0.4 is 11.5 Å². The highest BCUT2D eigenvalue weighted by molar-refractivity contribution is 5.82. The topological polar surface area (TPSA) is 64.5 Å². The van der Waals surface area contributed by atoms with Gasteiger partial charge in [0, 0.05) is 19.8 Å². The van der Waals surface area contributed by atoms with Crippen LogP contribution >= 0.6 is 0 Å². The summed E-state index contributed by atoms with van der Waals surface area (Å²) in [6, 6.07) is 15.0. The second-order valence-corrected chi connectivity index (χ2v) is 6.63. The maximum Gasteiger partial charge on any atom is 0.0506 e. The average Bonchev–Trinajstić information content (AvgIpc) is 2.68. The molecule has 1 heterocycles. The zero-order valence-electron chi connectivity index (χ0n) is 15.5. The molecule has 1 saturated heterocycles. The van der Waals surface area contributed by atoms with Crippen LogP contribution in [0.1, 0.15) is 25.3 Å². The summed E-state index contributed by atoms with van der Waals surface area (Å²) >= 11 is 0. The Morgan fingerprint density at radius 2 is 1.92 bits per heavy atom. The molecule has 25 heavy (non-hydrogen) atoms. The van der Waals surface area contributed by atoms with Gasteiger partial charge in [-0.05, 0) is 61.5 Å². The van der Waals surface area contributed by atoms with Crippen molar-refractivity contribution in [3.8, 4) is 0 Å². The summed E-state index contributed by atoms with van der Waals surface area (Å²) in [7, 11) is 0. The molecule has 1 aliphatic heterocycles. The minimum Gasteiger partial charge on any atom is -0.381 e. The third-order valence-electron chi connectivity index (χ3n) is 4.75. The van der Waals surface area contributed by atoms with Crippen LogP contribution in [0.25, 0.3) is 10.8 Å². The van der Waals surface area contributed by atoms with E-state index in [0.717, 1.165) is 39.3 Å². The Labute approximate surface area is 152 Å². The van der Waals surface area contributed by atoms with Gasteiger partial charge in [0.15, 0.2) is 0 Å². The SMILES string of the molecule is CCOCCc1ccc2ccccc2c1.NCC1CCCN(CN)C1. The van der Waals surface area contributed by atoms with Gasteiger partial charge in [-0.3, -0.25) is 4.90 Å². The largest absolute Gasteiger partial charge is 0.381 e. The Morgan fingerprint density at radius 1 is 1.12 bits per heavy atom. The normalized spacial score (nSPS) is 18.0. The lowest BCUT2D eigenvalue weighted by Gasteiger charge is -2.30. The first-order chi connectivity index (χ1) is 12.3. The van der Waals surface area contributed by atoms with Crippen LogP contribution in [0.3, 0.4) is 0 Å². The molecule has 0 aromatic heterocycles. The Balaban J connectivity index is 0.000000196. The molecule has 0 aliphatic carbocycles. The molecule has 0 bridgehead atoms. The molecule has 0 radical (unpaired) electrons. The van der Waals surface area contributed by atoms with Crippen molar-refractivity contribution >= 4 is 10.8 Å². The summed E-state index contributed by atoms with van der Waals surface area (Å²) in [5.41, 5.74) is 12.4. The Morgan fingerprint density at radius 3 is 2.64 bits per heavy atom. The minimum atomic E-state index is 0.691. The van der Waals surface area contributed by atoms with E-state index in [0.29, 0.717) is 12.6 Å². The molecule has 1 fully saturated rings. The van der Waals surface area contributed by atoms with Crippen LogP contribution in [0.15, 0.2) is 42.5 Å². The number of hydrogen-bond donors (Lipinski definition) is 2. The molecule has 1 atom stereocenters. The quantitative estimate of drug-likeness (QED) is 0.792. The molecule has 4 heteroatoms. The van der Waals surface area contributed by atoms with Gasteiger partial charge in [-0.25, -0.2) is 0 Å². The lowest BCUT2D eigenvalue weighted by molar-refractivity contribution is 0.151. The van der Waals surface area contributed by atoms with Crippen LogP contribution in [0.2, 0.25) is 0 Å². The molecule has 2 aromatic carbocycles. The van der Waals surface area contributed by atoms with Crippen molar-refractivity contribution in [2.75, 3.05) is 39.5 Å². The van der Waals surface area contributed by atoms with Crippen LogP contribution in [0, 0.1) is 5.92 Å². The predicted octanol–water partition coefficient (Wildman–Crippen LogP) is 2.99. The zero-order valence-corrected chi connectivity index (χ0v) is 15.5. The zero-order chi connectivity index (χ0) is 17.9. The van der Waals surface area contributed by atoms with Crippen molar-refractivity contribution < 1.29 is 4.74 Å². The number of nitrogens with two attached hydrogens (primary N) is 2. The first-order valence-corrected chi connectivity index (χ1v) is 9.44. The molecule has 138 valence electrons. The summed E-state index contributed by atoms with van der Waals surface area (Å²) < 4.78 is 5.35. The smallest absolute Gasteiger partial charge is 0.0506 e. The molecule has 4 N–H and O–H groups in total. The number of rotatable bonds is 6. The van der Waals surface area contributed by atoms with E-state index in [9.17, 15) is 0 Å². The Bertz CT molecular complexity index is 607. The molecule has 4 nitrogen and oxygen atoms in total. The monoisotopic (exact) mass is 343 g/mol. The van der Waals surface area contributed by atoms with Gasteiger partial charge in [-0.2, -0.15) is 0 Å². The fraction of sp³-hybridized carbons (Fsp3) is 0.524. The number of nitrogens with zero attached hydrogens (tertiary/aromatic N) is 1. The lowest BCUT2D eigenvalue weighted by Crippen LogP contribution is -2.41. The van der Waals surface area contributed by atoms with Crippen molar-refractivity contribution in [1.29, 1.82) is 0 Å². The number of piperidine rings is 1. The maximum absolute atomic E-state index is 5.55. The molecule has 2 aromatic rings. The molecular formula is C21H33N3O. The van der Waals surface area contributed by atoms with Crippen molar-refractivity contribution in [2.24, 2.45) is 17.4 Å². The molecule has 0 saturated carbocycles. The van der Waals surface area contributed by atoms with Gasteiger partial charge in [-0.1, -0.05) is 42.5 Å². The van der Waals surface area contributed by atoms with Crippen molar-refractivity contribution in [1.82, 2.24) is 4.90 Å². The fourth-order valence-corrected chi connectivity index (χ4v) is 3.24. The summed E-state index contributed by atoms with van der Waals surface area (Å²) in [6.45, 7) is 7.41. The van der Waals surface area contributed by atoms with Gasteiger partial charge in [-0.15, -0.1) is 0 Å². The molecule has 1 aliphatic rings. The van der Waals surface area contributed by atoms with Crippen LogP contribution in [0.5, 0.6) is 0 Å². The van der Waals surface area contributed by atoms with Gasteiger partial charge in [0.2, 0.25) is 0 Å². The number of hydrogen-bond acceptors (Lipinski definition) is 4. The van der Waals surface area contributed by atoms with Crippen molar-refractivity contribution in [3.63, 3.8) is 0 Å². The third-order valence-corrected chi connectivity index (χ3v) is 4.75. The lowest BCUT2D eigenvalue weighted by atomic mass is 9.99. The van der Waals surface area contributed by atoms with Crippen molar-refractivity contribution in [3.05, 3.63) is 48.0 Å². The van der Waals surface area contributed by atoms with E-state index in [1.54, 1.807) is 0 Å². The standard InChI is InChI=1S/C14H16O.C7H17N3/c1-2-15-10-9-12-7-8-13-5-3-4-6-14(13)11-12;8-4-7-2-1-3-10(5-7)6-9/h3-8,11H,2,9-10H2,1H3;7H,1-6,8-9H2. The van der Waals surface area contributed by atoms with Crippen molar-refractivity contribution in [2.45, 2.75) is 26.2 Å². The Hall–Kier alpha value is -1.46. The summed E-state index contributed by atoms with van der Waals surface area (Å²) in [6.07, 6.45) is 3.55. The highest BCUT2D eigenvalue weighted by atomic mass is 16.5. The highest BCUT2D eigenvalue weighted by Gasteiger charge is 2.16. The first kappa shape index (κ1) is 19.9.